The van der Waals surface area contributed by atoms with Gasteiger partial charge in [0.25, 0.3) is 5.91 Å². The van der Waals surface area contributed by atoms with E-state index in [0.29, 0.717) is 24.5 Å². The van der Waals surface area contributed by atoms with Crippen molar-refractivity contribution in [3.63, 3.8) is 0 Å². The molecule has 7 nitrogen and oxygen atoms in total. The Hall–Kier alpha value is -3.19. The summed E-state index contributed by atoms with van der Waals surface area (Å²) in [6.07, 6.45) is 3.27. The smallest absolute Gasteiger partial charge is 0.254 e. The van der Waals surface area contributed by atoms with Gasteiger partial charge in [0.2, 0.25) is 0 Å². The zero-order valence-corrected chi connectivity index (χ0v) is 15.4. The van der Waals surface area contributed by atoms with Gasteiger partial charge in [-0.05, 0) is 42.2 Å². The number of amides is 1. The number of nitrogens with two attached hydrogens (primary N) is 1. The lowest BCUT2D eigenvalue weighted by Gasteiger charge is -2.11. The maximum absolute atomic E-state index is 12.4. The average molecular weight is 365 g/mol. The highest BCUT2D eigenvalue weighted by Gasteiger charge is 2.11. The van der Waals surface area contributed by atoms with Crippen LogP contribution in [0.15, 0.2) is 42.7 Å². The van der Waals surface area contributed by atoms with E-state index < -0.39 is 0 Å². The molecule has 0 aliphatic carbocycles. The predicted molar refractivity (Wildman–Crippen MR) is 103 cm³/mol. The summed E-state index contributed by atoms with van der Waals surface area (Å²) in [7, 11) is 0. The van der Waals surface area contributed by atoms with E-state index in [-0.39, 0.29) is 12.5 Å². The molecule has 0 fully saturated rings. The number of aliphatic hydroxyl groups is 1. The van der Waals surface area contributed by atoms with Crippen LogP contribution in [-0.4, -0.2) is 25.8 Å². The number of aliphatic hydroxyl groups excluding tert-OH is 1. The molecular formula is C20H23N5O2. The van der Waals surface area contributed by atoms with Gasteiger partial charge in [-0.25, -0.2) is 4.98 Å². The number of nitrogens with zero attached hydrogens (tertiary/aromatic N) is 3. The van der Waals surface area contributed by atoms with Gasteiger partial charge in [-0.2, -0.15) is 5.10 Å². The molecule has 1 amide bonds. The zero-order valence-electron chi connectivity index (χ0n) is 15.4. The van der Waals surface area contributed by atoms with E-state index in [1.54, 1.807) is 23.1 Å². The summed E-state index contributed by atoms with van der Waals surface area (Å²) >= 11 is 0. The quantitative estimate of drug-likeness (QED) is 0.619. The minimum absolute atomic E-state index is 0.0227. The number of aryl methyl sites for hydroxylation is 2. The third-order valence-corrected chi connectivity index (χ3v) is 4.45. The van der Waals surface area contributed by atoms with Gasteiger partial charge in [-0.3, -0.25) is 9.48 Å². The van der Waals surface area contributed by atoms with Gasteiger partial charge in [-0.15, -0.1) is 0 Å². The van der Waals surface area contributed by atoms with E-state index in [2.05, 4.69) is 15.4 Å². The van der Waals surface area contributed by atoms with Crippen molar-refractivity contribution in [3.05, 3.63) is 76.2 Å². The fourth-order valence-electron chi connectivity index (χ4n) is 2.93. The van der Waals surface area contributed by atoms with Crippen LogP contribution in [0.3, 0.4) is 0 Å². The molecule has 0 atom stereocenters. The molecule has 0 saturated carbocycles. The highest BCUT2D eigenvalue weighted by molar-refractivity contribution is 5.93. The number of benzene rings is 1. The molecule has 2 aromatic heterocycles. The number of hydrogen-bond donors (Lipinski definition) is 3. The first-order valence-electron chi connectivity index (χ1n) is 8.68. The average Bonchev–Trinajstić information content (AvgIpc) is 3.10. The lowest BCUT2D eigenvalue weighted by atomic mass is 10.1. The summed E-state index contributed by atoms with van der Waals surface area (Å²) < 4.78 is 1.71. The van der Waals surface area contributed by atoms with Crippen LogP contribution < -0.4 is 11.1 Å². The Bertz CT molecular complexity index is 924. The van der Waals surface area contributed by atoms with E-state index in [1.807, 2.05) is 38.1 Å². The zero-order chi connectivity index (χ0) is 19.4. The Labute approximate surface area is 157 Å². The number of nitrogen functional groups attached to an aromatic ring is 1. The fraction of sp³-hybridized carbons (Fsp3) is 0.250. The molecule has 0 spiro atoms. The lowest BCUT2D eigenvalue weighted by Crippen LogP contribution is -2.23. The Kier molecular flexibility index (Phi) is 5.52. The standard InChI is InChI=1S/C20H23N5O2/c1-13-7-19(21)24-14(2)18(13)9-22-20(27)17-8-23-25(11-17)10-15-3-5-16(12-26)6-4-15/h3-8,11,26H,9-10,12H2,1-2H3,(H2,21,24)(H,22,27). The Morgan fingerprint density at radius 2 is 1.93 bits per heavy atom. The number of pyridine rings is 1. The van der Waals surface area contributed by atoms with E-state index >= 15 is 0 Å². The van der Waals surface area contributed by atoms with E-state index in [4.69, 9.17) is 10.8 Å². The van der Waals surface area contributed by atoms with Gasteiger partial charge in [0.1, 0.15) is 5.82 Å². The summed E-state index contributed by atoms with van der Waals surface area (Å²) in [6, 6.07) is 9.42. The molecule has 0 saturated heterocycles. The van der Waals surface area contributed by atoms with E-state index in [0.717, 1.165) is 27.9 Å². The number of rotatable bonds is 6. The molecule has 7 heteroatoms. The largest absolute Gasteiger partial charge is 0.392 e. The minimum Gasteiger partial charge on any atom is -0.392 e. The number of nitrogens with one attached hydrogen (secondary N) is 1. The summed E-state index contributed by atoms with van der Waals surface area (Å²) in [5, 5.41) is 16.3. The molecule has 27 heavy (non-hydrogen) atoms. The number of carbonyl (C=O) groups excluding carboxylic acids is 1. The molecule has 3 aromatic rings. The fourth-order valence-corrected chi connectivity index (χ4v) is 2.93. The molecule has 0 aliphatic heterocycles. The first kappa shape index (κ1) is 18.6. The SMILES string of the molecule is Cc1cc(N)nc(C)c1CNC(=O)c1cnn(Cc2ccc(CO)cc2)c1. The Morgan fingerprint density at radius 3 is 2.59 bits per heavy atom. The summed E-state index contributed by atoms with van der Waals surface area (Å²) in [4.78, 5) is 16.7. The normalized spacial score (nSPS) is 10.8. The highest BCUT2D eigenvalue weighted by Crippen LogP contribution is 2.14. The van der Waals surface area contributed by atoms with Gasteiger partial charge in [0, 0.05) is 18.4 Å². The van der Waals surface area contributed by atoms with Crippen molar-refractivity contribution in [1.29, 1.82) is 0 Å². The van der Waals surface area contributed by atoms with Crippen LogP contribution in [0, 0.1) is 13.8 Å². The molecule has 2 heterocycles. The molecule has 1 aromatic carbocycles. The van der Waals surface area contributed by atoms with Crippen molar-refractivity contribution in [2.45, 2.75) is 33.5 Å². The first-order chi connectivity index (χ1) is 13.0. The summed E-state index contributed by atoms with van der Waals surface area (Å²) in [6.45, 7) is 4.79. The molecular weight excluding hydrogens is 342 g/mol. The van der Waals surface area contributed by atoms with Gasteiger partial charge in [0.15, 0.2) is 0 Å². The van der Waals surface area contributed by atoms with Crippen molar-refractivity contribution < 1.29 is 9.90 Å². The second-order valence-electron chi connectivity index (χ2n) is 6.51. The van der Waals surface area contributed by atoms with Crippen LogP contribution in [-0.2, 0) is 19.7 Å². The van der Waals surface area contributed by atoms with Crippen molar-refractivity contribution in [2.24, 2.45) is 0 Å². The van der Waals surface area contributed by atoms with Crippen LogP contribution >= 0.6 is 0 Å². The second kappa shape index (κ2) is 8.01. The van der Waals surface area contributed by atoms with Crippen molar-refractivity contribution >= 4 is 11.7 Å². The first-order valence-corrected chi connectivity index (χ1v) is 8.68. The molecule has 0 bridgehead atoms. The molecule has 140 valence electrons. The molecule has 0 aliphatic rings. The Balaban J connectivity index is 1.63. The lowest BCUT2D eigenvalue weighted by molar-refractivity contribution is 0.0950. The number of aromatic nitrogens is 3. The maximum atomic E-state index is 12.4. The second-order valence-corrected chi connectivity index (χ2v) is 6.51. The van der Waals surface area contributed by atoms with Crippen LogP contribution in [0.2, 0.25) is 0 Å². The van der Waals surface area contributed by atoms with Crippen LogP contribution in [0.4, 0.5) is 5.82 Å². The molecule has 0 radical (unpaired) electrons. The number of carbonyl (C=O) groups is 1. The van der Waals surface area contributed by atoms with Crippen LogP contribution in [0.5, 0.6) is 0 Å². The predicted octanol–water partition coefficient (Wildman–Crippen LogP) is 1.95. The highest BCUT2D eigenvalue weighted by atomic mass is 16.3. The topological polar surface area (TPSA) is 106 Å². The van der Waals surface area contributed by atoms with Crippen molar-refractivity contribution in [2.75, 3.05) is 5.73 Å². The third-order valence-electron chi connectivity index (χ3n) is 4.45. The molecule has 0 unspecified atom stereocenters. The van der Waals surface area contributed by atoms with Gasteiger partial charge < -0.3 is 16.2 Å². The molecule has 4 N–H and O–H groups in total. The van der Waals surface area contributed by atoms with Gasteiger partial charge >= 0.3 is 0 Å². The summed E-state index contributed by atoms with van der Waals surface area (Å²) in [5.74, 6) is 0.292. The van der Waals surface area contributed by atoms with Crippen molar-refractivity contribution in [3.8, 4) is 0 Å². The molecule has 3 rings (SSSR count). The Morgan fingerprint density at radius 1 is 1.22 bits per heavy atom. The van der Waals surface area contributed by atoms with Crippen molar-refractivity contribution in [1.82, 2.24) is 20.1 Å². The van der Waals surface area contributed by atoms with Crippen LogP contribution in [0.1, 0.15) is 38.3 Å². The van der Waals surface area contributed by atoms with Gasteiger partial charge in [-0.1, -0.05) is 24.3 Å². The van der Waals surface area contributed by atoms with E-state index in [1.165, 1.54) is 0 Å². The number of hydrogen-bond acceptors (Lipinski definition) is 5. The third kappa shape index (κ3) is 4.51. The van der Waals surface area contributed by atoms with Crippen LogP contribution in [0.25, 0.3) is 0 Å². The number of anilines is 1. The van der Waals surface area contributed by atoms with E-state index in [9.17, 15) is 4.79 Å². The van der Waals surface area contributed by atoms with Gasteiger partial charge in [0.05, 0.1) is 24.9 Å². The maximum Gasteiger partial charge on any atom is 0.254 e. The summed E-state index contributed by atoms with van der Waals surface area (Å²) in [5.41, 5.74) is 10.9. The minimum atomic E-state index is -0.187. The monoisotopic (exact) mass is 365 g/mol.